The third-order valence-electron chi connectivity index (χ3n) is 2.87. The van der Waals surface area contributed by atoms with Crippen molar-refractivity contribution in [2.75, 3.05) is 19.8 Å². The number of oxime groups is 1. The Morgan fingerprint density at radius 3 is 2.67 bits per heavy atom. The molecule has 98 valence electrons. The molecule has 2 rings (SSSR count). The van der Waals surface area contributed by atoms with Crippen molar-refractivity contribution in [1.29, 1.82) is 0 Å². The number of benzene rings is 1. The molecule has 1 aliphatic heterocycles. The number of sulfonamides is 1. The first-order valence-electron chi connectivity index (χ1n) is 5.66. The van der Waals surface area contributed by atoms with Crippen LogP contribution in [0, 0.1) is 0 Å². The van der Waals surface area contributed by atoms with Crippen molar-refractivity contribution in [2.24, 2.45) is 5.16 Å². The lowest BCUT2D eigenvalue weighted by Gasteiger charge is -2.17. The van der Waals surface area contributed by atoms with Crippen molar-refractivity contribution >= 4 is 15.7 Å². The molecule has 1 aromatic carbocycles. The standard InChI is InChI=1S/C12H16N2O3S/c1-14(18(2,15)16)9-11-8-12(13-17-11)10-6-4-3-5-7-10/h3-7,11H,8-9H2,1-2H3. The quantitative estimate of drug-likeness (QED) is 0.820. The summed E-state index contributed by atoms with van der Waals surface area (Å²) < 4.78 is 23.9. The lowest BCUT2D eigenvalue weighted by atomic mass is 10.1. The molecule has 0 aromatic heterocycles. The Balaban J connectivity index is 1.96. The first-order valence-corrected chi connectivity index (χ1v) is 7.51. The zero-order valence-corrected chi connectivity index (χ0v) is 11.2. The van der Waals surface area contributed by atoms with Gasteiger partial charge < -0.3 is 4.84 Å². The summed E-state index contributed by atoms with van der Waals surface area (Å²) >= 11 is 0. The van der Waals surface area contributed by atoms with Crippen LogP contribution in [0.4, 0.5) is 0 Å². The maximum Gasteiger partial charge on any atom is 0.211 e. The van der Waals surface area contributed by atoms with E-state index >= 15 is 0 Å². The average Bonchev–Trinajstić information content (AvgIpc) is 2.77. The van der Waals surface area contributed by atoms with Crippen LogP contribution in [-0.2, 0) is 14.9 Å². The molecule has 0 amide bonds. The van der Waals surface area contributed by atoms with Crippen LogP contribution in [0.5, 0.6) is 0 Å². The highest BCUT2D eigenvalue weighted by molar-refractivity contribution is 7.88. The highest BCUT2D eigenvalue weighted by atomic mass is 32.2. The molecule has 0 aliphatic carbocycles. The molecule has 6 heteroatoms. The lowest BCUT2D eigenvalue weighted by Crippen LogP contribution is -2.33. The van der Waals surface area contributed by atoms with E-state index in [2.05, 4.69) is 5.16 Å². The summed E-state index contributed by atoms with van der Waals surface area (Å²) in [4.78, 5) is 5.27. The summed E-state index contributed by atoms with van der Waals surface area (Å²) in [5.74, 6) is 0. The van der Waals surface area contributed by atoms with Crippen LogP contribution in [0.15, 0.2) is 35.5 Å². The minimum atomic E-state index is -3.17. The zero-order valence-electron chi connectivity index (χ0n) is 10.4. The summed E-state index contributed by atoms with van der Waals surface area (Å²) in [6.45, 7) is 0.318. The molecule has 0 spiro atoms. The molecule has 18 heavy (non-hydrogen) atoms. The van der Waals surface area contributed by atoms with E-state index in [4.69, 9.17) is 4.84 Å². The van der Waals surface area contributed by atoms with Crippen molar-refractivity contribution in [2.45, 2.75) is 12.5 Å². The van der Waals surface area contributed by atoms with Crippen LogP contribution >= 0.6 is 0 Å². The average molecular weight is 268 g/mol. The van der Waals surface area contributed by atoms with Crippen LogP contribution in [-0.4, -0.2) is 44.4 Å². The van der Waals surface area contributed by atoms with Gasteiger partial charge in [-0.05, 0) is 5.56 Å². The number of nitrogens with zero attached hydrogens (tertiary/aromatic N) is 2. The smallest absolute Gasteiger partial charge is 0.211 e. The molecule has 1 unspecified atom stereocenters. The van der Waals surface area contributed by atoms with Gasteiger partial charge in [0.15, 0.2) is 0 Å². The highest BCUT2D eigenvalue weighted by Gasteiger charge is 2.25. The Bertz CT molecular complexity index is 540. The third-order valence-corrected chi connectivity index (χ3v) is 4.15. The van der Waals surface area contributed by atoms with Gasteiger partial charge in [0, 0.05) is 13.5 Å². The van der Waals surface area contributed by atoms with Gasteiger partial charge >= 0.3 is 0 Å². The summed E-state index contributed by atoms with van der Waals surface area (Å²) in [5, 5.41) is 4.02. The molecule has 0 saturated heterocycles. The number of likely N-dealkylation sites (N-methyl/N-ethyl adjacent to an activating group) is 1. The minimum Gasteiger partial charge on any atom is -0.390 e. The van der Waals surface area contributed by atoms with Crippen molar-refractivity contribution < 1.29 is 13.3 Å². The van der Waals surface area contributed by atoms with E-state index in [1.165, 1.54) is 10.6 Å². The Morgan fingerprint density at radius 2 is 2.06 bits per heavy atom. The normalized spacial score (nSPS) is 19.7. The topological polar surface area (TPSA) is 59.0 Å². The van der Waals surface area contributed by atoms with Crippen LogP contribution in [0.1, 0.15) is 12.0 Å². The Kier molecular flexibility index (Phi) is 3.68. The lowest BCUT2D eigenvalue weighted by molar-refractivity contribution is 0.0741. The summed E-state index contributed by atoms with van der Waals surface area (Å²) in [6, 6.07) is 9.74. The molecule has 0 N–H and O–H groups in total. The van der Waals surface area contributed by atoms with Crippen molar-refractivity contribution in [3.05, 3.63) is 35.9 Å². The molecule has 1 atom stereocenters. The van der Waals surface area contributed by atoms with E-state index in [0.29, 0.717) is 13.0 Å². The largest absolute Gasteiger partial charge is 0.390 e. The van der Waals surface area contributed by atoms with Crippen LogP contribution in [0.2, 0.25) is 0 Å². The molecule has 1 aliphatic rings. The predicted octanol–water partition coefficient (Wildman–Crippen LogP) is 1.07. The molecule has 1 heterocycles. The minimum absolute atomic E-state index is 0.208. The van der Waals surface area contributed by atoms with Crippen molar-refractivity contribution in [3.63, 3.8) is 0 Å². The van der Waals surface area contributed by atoms with E-state index in [1.807, 2.05) is 30.3 Å². The van der Waals surface area contributed by atoms with Gasteiger partial charge in [-0.3, -0.25) is 0 Å². The Labute approximate surface area is 107 Å². The molecule has 0 fully saturated rings. The van der Waals surface area contributed by atoms with Crippen LogP contribution < -0.4 is 0 Å². The Hall–Kier alpha value is -1.40. The summed E-state index contributed by atoms with van der Waals surface area (Å²) in [5.41, 5.74) is 1.88. The maximum atomic E-state index is 11.3. The van der Waals surface area contributed by atoms with Crippen molar-refractivity contribution in [3.8, 4) is 0 Å². The van der Waals surface area contributed by atoms with E-state index in [0.717, 1.165) is 11.3 Å². The fraction of sp³-hybridized carbons (Fsp3) is 0.417. The zero-order chi connectivity index (χ0) is 13.2. The SMILES string of the molecule is CN(CC1CC(c2ccccc2)=NO1)S(C)(=O)=O. The Morgan fingerprint density at radius 1 is 1.39 bits per heavy atom. The van der Waals surface area contributed by atoms with E-state index in [-0.39, 0.29) is 6.10 Å². The number of hydrogen-bond acceptors (Lipinski definition) is 4. The molecule has 5 nitrogen and oxygen atoms in total. The monoisotopic (exact) mass is 268 g/mol. The van der Waals surface area contributed by atoms with Gasteiger partial charge in [0.1, 0.15) is 6.10 Å². The molecule has 0 bridgehead atoms. The van der Waals surface area contributed by atoms with Gasteiger partial charge in [-0.2, -0.15) is 0 Å². The van der Waals surface area contributed by atoms with Gasteiger partial charge in [-0.1, -0.05) is 35.5 Å². The first kappa shape index (κ1) is 13.0. The molecule has 0 saturated carbocycles. The van der Waals surface area contributed by atoms with Gasteiger partial charge in [-0.25, -0.2) is 12.7 Å². The van der Waals surface area contributed by atoms with E-state index in [1.54, 1.807) is 7.05 Å². The first-order chi connectivity index (χ1) is 8.47. The highest BCUT2D eigenvalue weighted by Crippen LogP contribution is 2.17. The second-order valence-corrected chi connectivity index (χ2v) is 6.47. The fourth-order valence-electron chi connectivity index (χ4n) is 1.75. The second kappa shape index (κ2) is 5.07. The fourth-order valence-corrected chi connectivity index (χ4v) is 2.19. The van der Waals surface area contributed by atoms with Gasteiger partial charge in [0.05, 0.1) is 18.5 Å². The van der Waals surface area contributed by atoms with Crippen molar-refractivity contribution in [1.82, 2.24) is 4.31 Å². The molecule has 0 radical (unpaired) electrons. The van der Waals surface area contributed by atoms with Gasteiger partial charge in [-0.15, -0.1) is 0 Å². The van der Waals surface area contributed by atoms with Gasteiger partial charge in [0.2, 0.25) is 10.0 Å². The van der Waals surface area contributed by atoms with E-state index < -0.39 is 10.0 Å². The number of hydrogen-bond donors (Lipinski definition) is 0. The molecule has 1 aromatic rings. The third kappa shape index (κ3) is 3.08. The summed E-state index contributed by atoms with van der Waals surface area (Å²) in [6.07, 6.45) is 1.60. The van der Waals surface area contributed by atoms with E-state index in [9.17, 15) is 8.42 Å². The summed E-state index contributed by atoms with van der Waals surface area (Å²) in [7, 11) is -1.63. The second-order valence-electron chi connectivity index (χ2n) is 4.38. The van der Waals surface area contributed by atoms with Crippen LogP contribution in [0.25, 0.3) is 0 Å². The number of rotatable bonds is 4. The maximum absolute atomic E-state index is 11.3. The molecular formula is C12H16N2O3S. The van der Waals surface area contributed by atoms with Crippen LogP contribution in [0.3, 0.4) is 0 Å². The molecular weight excluding hydrogens is 252 g/mol. The predicted molar refractivity (Wildman–Crippen MR) is 69.9 cm³/mol. The van der Waals surface area contributed by atoms with Gasteiger partial charge in [0.25, 0.3) is 0 Å².